The second-order valence-electron chi connectivity index (χ2n) is 6.22. The van der Waals surface area contributed by atoms with Gasteiger partial charge in [0.1, 0.15) is 0 Å². The van der Waals surface area contributed by atoms with Gasteiger partial charge in [0.25, 0.3) is 5.91 Å². The van der Waals surface area contributed by atoms with Crippen LogP contribution < -0.4 is 4.74 Å². The highest BCUT2D eigenvalue weighted by atomic mass is 16.5. The number of amides is 1. The van der Waals surface area contributed by atoms with Crippen LogP contribution in [0.1, 0.15) is 26.3 Å². The molecule has 0 saturated carbocycles. The van der Waals surface area contributed by atoms with E-state index in [1.54, 1.807) is 30.0 Å². The molecule has 0 atom stereocenters. The molecular weight excluding hydrogens is 322 g/mol. The molecule has 6 heteroatoms. The van der Waals surface area contributed by atoms with Gasteiger partial charge in [-0.15, -0.1) is 0 Å². The number of allylic oxidation sites excluding steroid dienone is 1. The fraction of sp³-hybridized carbons (Fsp3) is 0.368. The van der Waals surface area contributed by atoms with Crippen molar-refractivity contribution in [3.63, 3.8) is 0 Å². The zero-order chi connectivity index (χ0) is 18.7. The van der Waals surface area contributed by atoms with Gasteiger partial charge in [0.05, 0.1) is 25.4 Å². The fourth-order valence-corrected chi connectivity index (χ4v) is 2.79. The molecule has 6 nitrogen and oxygen atoms in total. The number of nitrogens with zero attached hydrogens (tertiary/aromatic N) is 1. The predicted octanol–water partition coefficient (Wildman–Crippen LogP) is 2.73. The van der Waals surface area contributed by atoms with Crippen molar-refractivity contribution >= 4 is 18.0 Å². The molecule has 1 N–H and O–H groups in total. The number of carbonyl (C=O) groups is 2. The highest BCUT2D eigenvalue weighted by Gasteiger charge is 2.37. The third-order valence-electron chi connectivity index (χ3n) is 4.00. The first-order valence-electron chi connectivity index (χ1n) is 8.00. The molecule has 1 heterocycles. The maximum absolute atomic E-state index is 12.8. The van der Waals surface area contributed by atoms with Gasteiger partial charge in [-0.2, -0.15) is 0 Å². The molecule has 1 aliphatic rings. The van der Waals surface area contributed by atoms with E-state index >= 15 is 0 Å². The van der Waals surface area contributed by atoms with Crippen molar-refractivity contribution in [2.45, 2.75) is 20.8 Å². The van der Waals surface area contributed by atoms with Crippen LogP contribution in [0.3, 0.4) is 0 Å². The van der Waals surface area contributed by atoms with E-state index in [4.69, 9.17) is 9.47 Å². The number of para-hydroxylation sites is 1. The van der Waals surface area contributed by atoms with E-state index in [0.29, 0.717) is 23.6 Å². The summed E-state index contributed by atoms with van der Waals surface area (Å²) in [5.41, 5.74) is 1.37. The Balaban J connectivity index is 2.58. The molecule has 0 bridgehead atoms. The summed E-state index contributed by atoms with van der Waals surface area (Å²) in [4.78, 5) is 26.6. The number of esters is 1. The number of aromatic hydroxyl groups is 1. The van der Waals surface area contributed by atoms with Crippen molar-refractivity contribution in [3.8, 4) is 11.5 Å². The molecule has 0 fully saturated rings. The number of benzene rings is 1. The molecule has 1 aromatic rings. The third-order valence-corrected chi connectivity index (χ3v) is 4.00. The van der Waals surface area contributed by atoms with Crippen molar-refractivity contribution < 1.29 is 24.2 Å². The Bertz CT molecular complexity index is 761. The van der Waals surface area contributed by atoms with Gasteiger partial charge in [-0.1, -0.05) is 26.0 Å². The first-order chi connectivity index (χ1) is 11.8. The van der Waals surface area contributed by atoms with Gasteiger partial charge in [0.15, 0.2) is 11.5 Å². The average Bonchev–Trinajstić information content (AvgIpc) is 2.80. The summed E-state index contributed by atoms with van der Waals surface area (Å²) < 4.78 is 9.93. The van der Waals surface area contributed by atoms with Crippen LogP contribution in [-0.2, 0) is 14.3 Å². The lowest BCUT2D eigenvalue weighted by Crippen LogP contribution is -2.28. The first-order valence-corrected chi connectivity index (χ1v) is 8.00. The summed E-state index contributed by atoms with van der Waals surface area (Å²) in [5.74, 6) is -0.421. The summed E-state index contributed by atoms with van der Waals surface area (Å²) in [7, 11) is 2.72. The lowest BCUT2D eigenvalue weighted by molar-refractivity contribution is -0.136. The zero-order valence-electron chi connectivity index (χ0n) is 15.1. The summed E-state index contributed by atoms with van der Waals surface area (Å²) in [5, 5.41) is 10.3. The molecule has 1 aromatic carbocycles. The Kier molecular flexibility index (Phi) is 5.51. The van der Waals surface area contributed by atoms with E-state index in [1.165, 1.54) is 20.3 Å². The first kappa shape index (κ1) is 18.6. The molecule has 1 amide bonds. The maximum atomic E-state index is 12.8. The number of rotatable bonds is 5. The van der Waals surface area contributed by atoms with Gasteiger partial charge >= 0.3 is 5.97 Å². The summed E-state index contributed by atoms with van der Waals surface area (Å²) in [6.07, 6.45) is 1.50. The highest BCUT2D eigenvalue weighted by molar-refractivity contribution is 6.16. The number of carbonyl (C=O) groups excluding carboxylic acids is 2. The Labute approximate surface area is 147 Å². The summed E-state index contributed by atoms with van der Waals surface area (Å²) in [6.45, 7) is 6.20. The lowest BCUT2D eigenvalue weighted by Gasteiger charge is -2.19. The van der Waals surface area contributed by atoms with E-state index in [0.717, 1.165) is 0 Å². The number of phenolic OH excluding ortho intramolecular Hbond substituents is 1. The van der Waals surface area contributed by atoms with Crippen molar-refractivity contribution in [2.24, 2.45) is 5.92 Å². The Morgan fingerprint density at radius 2 is 2.00 bits per heavy atom. The topological polar surface area (TPSA) is 76.1 Å². The van der Waals surface area contributed by atoms with Crippen molar-refractivity contribution in [1.82, 2.24) is 4.90 Å². The van der Waals surface area contributed by atoms with Gasteiger partial charge < -0.3 is 19.5 Å². The smallest absolute Gasteiger partial charge is 0.340 e. The third kappa shape index (κ3) is 3.52. The molecule has 0 aliphatic carbocycles. The minimum absolute atomic E-state index is 0.0884. The minimum Gasteiger partial charge on any atom is -0.504 e. The van der Waals surface area contributed by atoms with Crippen molar-refractivity contribution in [3.05, 3.63) is 40.6 Å². The van der Waals surface area contributed by atoms with Crippen LogP contribution in [0.15, 0.2) is 35.0 Å². The maximum Gasteiger partial charge on any atom is 0.340 e. The number of hydrogen-bond acceptors (Lipinski definition) is 5. The molecular formula is C19H23NO5. The molecule has 25 heavy (non-hydrogen) atoms. The van der Waals surface area contributed by atoms with E-state index in [2.05, 4.69) is 0 Å². The quantitative estimate of drug-likeness (QED) is 0.656. The molecule has 0 spiro atoms. The fourth-order valence-electron chi connectivity index (χ4n) is 2.79. The zero-order valence-corrected chi connectivity index (χ0v) is 15.1. The van der Waals surface area contributed by atoms with Crippen LogP contribution in [0.25, 0.3) is 6.08 Å². The van der Waals surface area contributed by atoms with Crippen LogP contribution in [0.2, 0.25) is 0 Å². The summed E-state index contributed by atoms with van der Waals surface area (Å²) in [6, 6.07) is 4.96. The Morgan fingerprint density at radius 3 is 2.56 bits per heavy atom. The molecule has 0 radical (unpaired) electrons. The van der Waals surface area contributed by atoms with Crippen molar-refractivity contribution in [2.75, 3.05) is 20.8 Å². The highest BCUT2D eigenvalue weighted by Crippen LogP contribution is 2.36. The van der Waals surface area contributed by atoms with Gasteiger partial charge in [0, 0.05) is 17.8 Å². The second-order valence-corrected chi connectivity index (χ2v) is 6.22. The van der Waals surface area contributed by atoms with Crippen molar-refractivity contribution in [1.29, 1.82) is 0 Å². The van der Waals surface area contributed by atoms with Crippen LogP contribution in [0.5, 0.6) is 11.5 Å². The largest absolute Gasteiger partial charge is 0.504 e. The average molecular weight is 345 g/mol. The molecule has 1 aliphatic heterocycles. The SMILES string of the molecule is COC(=O)C1=C(C)N(CC(C)C)C(=O)C1=Cc1cccc(OC)c1O. The molecule has 0 saturated heterocycles. The molecule has 2 rings (SSSR count). The number of phenols is 1. The number of ether oxygens (including phenoxy) is 2. The van der Waals surface area contributed by atoms with Crippen LogP contribution in [0.4, 0.5) is 0 Å². The Hall–Kier alpha value is -2.76. The minimum atomic E-state index is -0.578. The normalized spacial score (nSPS) is 16.2. The van der Waals surface area contributed by atoms with E-state index in [9.17, 15) is 14.7 Å². The predicted molar refractivity (Wildman–Crippen MR) is 93.9 cm³/mol. The Morgan fingerprint density at radius 1 is 1.32 bits per heavy atom. The second kappa shape index (κ2) is 7.42. The number of hydrogen-bond donors (Lipinski definition) is 1. The number of methoxy groups -OCH3 is 2. The van der Waals surface area contributed by atoms with Gasteiger partial charge in [-0.3, -0.25) is 4.79 Å². The summed E-state index contributed by atoms with van der Waals surface area (Å²) >= 11 is 0. The van der Waals surface area contributed by atoms with E-state index in [-0.39, 0.29) is 28.7 Å². The monoisotopic (exact) mass is 345 g/mol. The van der Waals surface area contributed by atoms with Crippen LogP contribution in [0, 0.1) is 5.92 Å². The molecule has 0 unspecified atom stereocenters. The molecule has 134 valence electrons. The van der Waals surface area contributed by atoms with Crippen LogP contribution >= 0.6 is 0 Å². The van der Waals surface area contributed by atoms with E-state index in [1.807, 2.05) is 13.8 Å². The van der Waals surface area contributed by atoms with Gasteiger partial charge in [-0.05, 0) is 25.0 Å². The lowest BCUT2D eigenvalue weighted by atomic mass is 10.0. The van der Waals surface area contributed by atoms with Crippen LogP contribution in [-0.4, -0.2) is 42.6 Å². The van der Waals surface area contributed by atoms with Gasteiger partial charge in [0.2, 0.25) is 0 Å². The van der Waals surface area contributed by atoms with E-state index < -0.39 is 5.97 Å². The molecule has 0 aromatic heterocycles. The standard InChI is InChI=1S/C19H23NO5/c1-11(2)10-20-12(3)16(19(23)25-5)14(18(20)22)9-13-7-6-8-15(24-4)17(13)21/h6-9,11,21H,10H2,1-5H3. The van der Waals surface area contributed by atoms with Gasteiger partial charge in [-0.25, -0.2) is 4.79 Å².